The molecule has 1 unspecified atom stereocenters. The molecule has 2 heterocycles. The Bertz CT molecular complexity index is 2150. The first-order valence-corrected chi connectivity index (χ1v) is 21.8. The minimum atomic E-state index is -0.653. The van der Waals surface area contributed by atoms with Crippen LogP contribution in [0.25, 0.3) is 11.1 Å². The molecule has 4 aromatic carbocycles. The fraction of sp³-hybridized carbons (Fsp3) is 0.375. The highest BCUT2D eigenvalue weighted by molar-refractivity contribution is 6.18. The summed E-state index contributed by atoms with van der Waals surface area (Å²) < 4.78 is 28.2. The molecule has 0 radical (unpaired) electrons. The van der Waals surface area contributed by atoms with Crippen LogP contribution in [-0.4, -0.2) is 118 Å². The number of benzene rings is 4. The third-order valence-electron chi connectivity index (χ3n) is 10.5. The molecule has 2 aliphatic rings. The van der Waals surface area contributed by atoms with Gasteiger partial charge in [0.05, 0.1) is 59.4 Å². The minimum absolute atomic E-state index is 0.129. The van der Waals surface area contributed by atoms with Gasteiger partial charge in [0.15, 0.2) is 0 Å². The number of anilines is 1. The van der Waals surface area contributed by atoms with Crippen LogP contribution >= 0.6 is 11.6 Å². The van der Waals surface area contributed by atoms with Crippen molar-refractivity contribution in [2.24, 2.45) is 0 Å². The van der Waals surface area contributed by atoms with Crippen LogP contribution in [0.2, 0.25) is 0 Å². The minimum Gasteiger partial charge on any atom is -0.508 e. The van der Waals surface area contributed by atoms with Crippen molar-refractivity contribution >= 4 is 52.1 Å². The summed E-state index contributed by atoms with van der Waals surface area (Å²) in [7, 11) is 0. The van der Waals surface area contributed by atoms with E-state index in [9.17, 15) is 24.3 Å². The molecule has 0 bridgehead atoms. The van der Waals surface area contributed by atoms with Gasteiger partial charge in [-0.3, -0.25) is 24.5 Å². The second kappa shape index (κ2) is 24.8. The number of rotatable bonds is 26. The lowest BCUT2D eigenvalue weighted by Crippen LogP contribution is -2.52. The normalized spacial score (nSPS) is 15.2. The molecule has 4 amide bonds. The first-order chi connectivity index (χ1) is 30.8. The number of amides is 4. The van der Waals surface area contributed by atoms with Gasteiger partial charge in [-0.05, 0) is 77.1 Å². The van der Waals surface area contributed by atoms with Gasteiger partial charge in [-0.1, -0.05) is 60.7 Å². The number of nitrogens with one attached hydrogen (secondary N) is 3. The van der Waals surface area contributed by atoms with Crippen LogP contribution in [-0.2, 0) is 39.9 Å². The van der Waals surface area contributed by atoms with E-state index in [2.05, 4.69) is 28.1 Å². The Balaban J connectivity index is 0.768. The number of piperidine rings is 1. The first kappa shape index (κ1) is 46.7. The van der Waals surface area contributed by atoms with Crippen LogP contribution < -0.4 is 20.7 Å². The SMILES string of the molecule is O=C(CCOCCOCCOCCOCCNc1cccc2c1CN(C1CCC(=O)NC1=O)C2=O)NCCOc1ccc(C(=C(CCCl)c2ccccc2)c2ccc(O)cc2)cc1. The Morgan fingerprint density at radius 1 is 0.714 bits per heavy atom. The van der Waals surface area contributed by atoms with E-state index in [-0.39, 0.29) is 42.9 Å². The summed E-state index contributed by atoms with van der Waals surface area (Å²) in [5.41, 5.74) is 7.38. The summed E-state index contributed by atoms with van der Waals surface area (Å²) in [5, 5.41) is 18.4. The van der Waals surface area contributed by atoms with Crippen molar-refractivity contribution in [2.75, 3.05) is 83.7 Å². The standard InChI is InChI=1S/C48H55ClN4O10/c49-21-19-39(34-5-2-1-3-6-34)46(35-9-13-37(54)14-10-35)36-11-15-38(16-12-36)63-26-23-51-44(55)20-24-59-27-29-61-31-32-62-30-28-60-25-22-50-42-8-4-7-40-41(42)33-53(48(40)58)43-17-18-45(56)52-47(43)57/h1-16,43,50,54H,17-33H2,(H,51,55)(H,52,56,57). The van der Waals surface area contributed by atoms with Crippen LogP contribution in [0.3, 0.4) is 0 Å². The molecule has 15 heteroatoms. The van der Waals surface area contributed by atoms with E-state index in [1.807, 2.05) is 60.7 Å². The van der Waals surface area contributed by atoms with E-state index in [1.165, 1.54) is 4.90 Å². The van der Waals surface area contributed by atoms with Crippen molar-refractivity contribution in [2.45, 2.75) is 38.3 Å². The maximum Gasteiger partial charge on any atom is 0.255 e. The number of carbonyl (C=O) groups is 4. The van der Waals surface area contributed by atoms with Gasteiger partial charge >= 0.3 is 0 Å². The largest absolute Gasteiger partial charge is 0.508 e. The summed E-state index contributed by atoms with van der Waals surface area (Å²) >= 11 is 6.27. The maximum absolute atomic E-state index is 13.0. The molecular formula is C48H55ClN4O10. The van der Waals surface area contributed by atoms with Gasteiger partial charge in [0.1, 0.15) is 24.1 Å². The van der Waals surface area contributed by atoms with Crippen LogP contribution in [0.1, 0.15) is 58.3 Å². The number of alkyl halides is 1. The van der Waals surface area contributed by atoms with Crippen molar-refractivity contribution in [1.82, 2.24) is 15.5 Å². The van der Waals surface area contributed by atoms with Crippen LogP contribution in [0.15, 0.2) is 97.1 Å². The van der Waals surface area contributed by atoms with Crippen molar-refractivity contribution < 1.29 is 48.0 Å². The first-order valence-electron chi connectivity index (χ1n) is 21.3. The molecule has 1 saturated heterocycles. The lowest BCUT2D eigenvalue weighted by atomic mass is 9.88. The number of hydrogen-bond acceptors (Lipinski definition) is 11. The summed E-state index contributed by atoms with van der Waals surface area (Å²) in [5.74, 6) is 0.262. The Morgan fingerprint density at radius 2 is 1.37 bits per heavy atom. The van der Waals surface area contributed by atoms with E-state index in [4.69, 9.17) is 35.3 Å². The van der Waals surface area contributed by atoms with E-state index in [0.29, 0.717) is 103 Å². The fourth-order valence-electron chi connectivity index (χ4n) is 7.39. The Morgan fingerprint density at radius 3 is 2.03 bits per heavy atom. The number of halogens is 1. The van der Waals surface area contributed by atoms with Gasteiger partial charge in [-0.15, -0.1) is 11.6 Å². The number of fused-ring (bicyclic) bond motifs is 1. The third-order valence-corrected chi connectivity index (χ3v) is 10.7. The average molecular weight is 883 g/mol. The lowest BCUT2D eigenvalue weighted by molar-refractivity contribution is -0.137. The third kappa shape index (κ3) is 13.9. The molecule has 0 saturated carbocycles. The zero-order chi connectivity index (χ0) is 44.2. The van der Waals surface area contributed by atoms with E-state index in [0.717, 1.165) is 39.1 Å². The highest BCUT2D eigenvalue weighted by atomic mass is 35.5. The number of imide groups is 1. The van der Waals surface area contributed by atoms with Crippen LogP contribution in [0.5, 0.6) is 11.5 Å². The lowest BCUT2D eigenvalue weighted by Gasteiger charge is -2.29. The number of aromatic hydroxyl groups is 1. The van der Waals surface area contributed by atoms with E-state index >= 15 is 0 Å². The Kier molecular flexibility index (Phi) is 18.4. The van der Waals surface area contributed by atoms with E-state index in [1.54, 1.807) is 24.3 Å². The molecule has 4 N–H and O–H groups in total. The highest BCUT2D eigenvalue weighted by Crippen LogP contribution is 2.36. The summed E-state index contributed by atoms with van der Waals surface area (Å²) in [6, 6.07) is 29.9. The number of phenolic OH excluding ortho intramolecular Hbond substituents is 1. The van der Waals surface area contributed by atoms with Gasteiger partial charge in [-0.25, -0.2) is 0 Å². The van der Waals surface area contributed by atoms with Gasteiger partial charge in [0.25, 0.3) is 5.91 Å². The van der Waals surface area contributed by atoms with Crippen LogP contribution in [0, 0.1) is 0 Å². The number of nitrogens with zero attached hydrogens (tertiary/aromatic N) is 1. The number of allylic oxidation sites excluding steroid dienone is 1. The predicted molar refractivity (Wildman–Crippen MR) is 240 cm³/mol. The number of phenols is 1. The van der Waals surface area contributed by atoms with Crippen molar-refractivity contribution in [3.8, 4) is 11.5 Å². The monoisotopic (exact) mass is 882 g/mol. The molecule has 4 aromatic rings. The second-order valence-corrected chi connectivity index (χ2v) is 15.2. The fourth-order valence-corrected chi connectivity index (χ4v) is 7.58. The number of carbonyl (C=O) groups excluding carboxylic acids is 4. The molecule has 14 nitrogen and oxygen atoms in total. The average Bonchev–Trinajstić information content (AvgIpc) is 3.63. The molecular weight excluding hydrogens is 828 g/mol. The Hall–Kier alpha value is -5.77. The van der Waals surface area contributed by atoms with Crippen molar-refractivity contribution in [1.29, 1.82) is 0 Å². The molecule has 2 aliphatic heterocycles. The highest BCUT2D eigenvalue weighted by Gasteiger charge is 2.39. The van der Waals surface area contributed by atoms with Crippen molar-refractivity contribution in [3.05, 3.63) is 125 Å². The quantitative estimate of drug-likeness (QED) is 0.0260. The number of hydrogen-bond donors (Lipinski definition) is 4. The van der Waals surface area contributed by atoms with Gasteiger partial charge in [0.2, 0.25) is 17.7 Å². The summed E-state index contributed by atoms with van der Waals surface area (Å²) in [4.78, 5) is 50.8. The van der Waals surface area contributed by atoms with Gasteiger partial charge in [-0.2, -0.15) is 0 Å². The van der Waals surface area contributed by atoms with Crippen molar-refractivity contribution in [3.63, 3.8) is 0 Å². The predicted octanol–water partition coefficient (Wildman–Crippen LogP) is 5.80. The Labute approximate surface area is 372 Å². The second-order valence-electron chi connectivity index (χ2n) is 14.8. The molecule has 63 heavy (non-hydrogen) atoms. The zero-order valence-electron chi connectivity index (χ0n) is 35.3. The molecule has 0 spiro atoms. The van der Waals surface area contributed by atoms with Gasteiger partial charge < -0.3 is 44.3 Å². The molecule has 334 valence electrons. The van der Waals surface area contributed by atoms with E-state index < -0.39 is 11.9 Å². The van der Waals surface area contributed by atoms with Crippen LogP contribution in [0.4, 0.5) is 5.69 Å². The molecule has 1 fully saturated rings. The molecule has 0 aliphatic carbocycles. The molecule has 6 rings (SSSR count). The molecule has 0 aromatic heterocycles. The summed E-state index contributed by atoms with van der Waals surface area (Å²) in [6.45, 7) is 4.57. The smallest absolute Gasteiger partial charge is 0.255 e. The molecule has 1 atom stereocenters. The van der Waals surface area contributed by atoms with Gasteiger partial charge in [0, 0.05) is 48.6 Å². The zero-order valence-corrected chi connectivity index (χ0v) is 36.0. The summed E-state index contributed by atoms with van der Waals surface area (Å²) in [6.07, 6.45) is 1.43. The number of ether oxygens (including phenoxy) is 5. The maximum atomic E-state index is 13.0. The topological polar surface area (TPSA) is 174 Å².